The molecule has 2 aromatic rings. The summed E-state index contributed by atoms with van der Waals surface area (Å²) in [6, 6.07) is 9.89. The lowest BCUT2D eigenvalue weighted by Crippen LogP contribution is -2.39. The van der Waals surface area contributed by atoms with Gasteiger partial charge in [0, 0.05) is 25.2 Å². The number of carbonyl (C=O) groups is 1. The molecule has 0 aliphatic carbocycles. The second-order valence-electron chi connectivity index (χ2n) is 5.23. The zero-order chi connectivity index (χ0) is 15.2. The van der Waals surface area contributed by atoms with Crippen LogP contribution in [0.25, 0.3) is 5.57 Å². The number of hydrogen-bond donors (Lipinski definition) is 2. The van der Waals surface area contributed by atoms with E-state index < -0.39 is 0 Å². The molecule has 22 heavy (non-hydrogen) atoms. The molecule has 0 unspecified atom stereocenters. The molecular formula is C15H18N6O. The minimum Gasteiger partial charge on any atom is -0.351 e. The quantitative estimate of drug-likeness (QED) is 0.844. The largest absolute Gasteiger partial charge is 0.351 e. The molecule has 0 spiro atoms. The summed E-state index contributed by atoms with van der Waals surface area (Å²) >= 11 is 0. The molecule has 2 heterocycles. The second-order valence-corrected chi connectivity index (χ2v) is 5.23. The van der Waals surface area contributed by atoms with Crippen molar-refractivity contribution < 1.29 is 4.79 Å². The summed E-state index contributed by atoms with van der Waals surface area (Å²) in [5, 5.41) is 16.9. The maximum Gasteiger partial charge on any atom is 0.234 e. The molecule has 1 aromatic carbocycles. The van der Waals surface area contributed by atoms with E-state index in [-0.39, 0.29) is 5.91 Å². The number of rotatable bonds is 5. The van der Waals surface area contributed by atoms with Crippen molar-refractivity contribution in [2.75, 3.05) is 19.6 Å². The highest BCUT2D eigenvalue weighted by Gasteiger charge is 2.18. The van der Waals surface area contributed by atoms with Crippen LogP contribution < -0.4 is 5.32 Å². The molecule has 114 valence electrons. The molecule has 2 N–H and O–H groups in total. The highest BCUT2D eigenvalue weighted by atomic mass is 16.2. The third-order valence-corrected chi connectivity index (χ3v) is 3.56. The first-order valence-electron chi connectivity index (χ1n) is 7.27. The minimum absolute atomic E-state index is 0.0261. The van der Waals surface area contributed by atoms with Crippen molar-refractivity contribution in [1.82, 2.24) is 30.8 Å². The number of benzene rings is 1. The Labute approximate surface area is 128 Å². The molecule has 7 nitrogen and oxygen atoms in total. The second kappa shape index (κ2) is 6.95. The topological polar surface area (TPSA) is 86.8 Å². The maximum atomic E-state index is 12.1. The summed E-state index contributed by atoms with van der Waals surface area (Å²) in [6.45, 7) is 2.46. The van der Waals surface area contributed by atoms with Crippen molar-refractivity contribution in [3.63, 3.8) is 0 Å². The zero-order valence-electron chi connectivity index (χ0n) is 12.2. The summed E-state index contributed by atoms with van der Waals surface area (Å²) in [6.07, 6.45) is 2.99. The molecule has 1 aromatic heterocycles. The highest BCUT2D eigenvalue weighted by Crippen LogP contribution is 2.16. The van der Waals surface area contributed by atoms with Gasteiger partial charge in [0.25, 0.3) is 0 Å². The van der Waals surface area contributed by atoms with Crippen LogP contribution in [-0.4, -0.2) is 51.1 Å². The fourth-order valence-corrected chi connectivity index (χ4v) is 2.46. The molecule has 0 bridgehead atoms. The Hall–Kier alpha value is -2.54. The lowest BCUT2D eigenvalue weighted by atomic mass is 10.1. The van der Waals surface area contributed by atoms with E-state index in [0.29, 0.717) is 25.5 Å². The summed E-state index contributed by atoms with van der Waals surface area (Å²) < 4.78 is 0. The summed E-state index contributed by atoms with van der Waals surface area (Å²) in [5.41, 5.74) is 2.11. The Morgan fingerprint density at radius 3 is 2.95 bits per heavy atom. The van der Waals surface area contributed by atoms with Gasteiger partial charge in [-0.25, -0.2) is 0 Å². The predicted molar refractivity (Wildman–Crippen MR) is 81.5 cm³/mol. The minimum atomic E-state index is 0.0261. The van der Waals surface area contributed by atoms with Gasteiger partial charge in [0.15, 0.2) is 0 Å². The third-order valence-electron chi connectivity index (χ3n) is 3.56. The number of hydrogen-bond acceptors (Lipinski definition) is 5. The number of H-pyrrole nitrogens is 1. The number of carbonyl (C=O) groups excluding carboxylic acids is 1. The monoisotopic (exact) mass is 298 g/mol. The van der Waals surface area contributed by atoms with Gasteiger partial charge < -0.3 is 5.32 Å². The average molecular weight is 298 g/mol. The van der Waals surface area contributed by atoms with Crippen LogP contribution >= 0.6 is 0 Å². The molecule has 0 saturated heterocycles. The summed E-state index contributed by atoms with van der Waals surface area (Å²) in [4.78, 5) is 14.1. The summed E-state index contributed by atoms with van der Waals surface area (Å²) in [7, 11) is 0. The van der Waals surface area contributed by atoms with E-state index in [9.17, 15) is 4.79 Å². The van der Waals surface area contributed by atoms with Gasteiger partial charge >= 0.3 is 0 Å². The van der Waals surface area contributed by atoms with Gasteiger partial charge in [0.1, 0.15) is 0 Å². The molecule has 0 radical (unpaired) electrons. The van der Waals surface area contributed by atoms with E-state index in [2.05, 4.69) is 36.9 Å². The van der Waals surface area contributed by atoms with Crippen molar-refractivity contribution in [3.8, 4) is 0 Å². The van der Waals surface area contributed by atoms with Crippen LogP contribution in [0.15, 0.2) is 36.4 Å². The van der Waals surface area contributed by atoms with Crippen molar-refractivity contribution in [1.29, 1.82) is 0 Å². The van der Waals surface area contributed by atoms with Gasteiger partial charge in [-0.2, -0.15) is 5.21 Å². The normalized spacial score (nSPS) is 15.4. The lowest BCUT2D eigenvalue weighted by molar-refractivity contribution is -0.122. The highest BCUT2D eigenvalue weighted by molar-refractivity contribution is 5.78. The molecule has 0 saturated carbocycles. The van der Waals surface area contributed by atoms with Crippen LogP contribution in [0.5, 0.6) is 0 Å². The number of nitrogens with one attached hydrogen (secondary N) is 2. The smallest absolute Gasteiger partial charge is 0.234 e. The first-order chi connectivity index (χ1) is 10.8. The van der Waals surface area contributed by atoms with Crippen LogP contribution in [0.4, 0.5) is 0 Å². The lowest BCUT2D eigenvalue weighted by Gasteiger charge is -2.25. The standard InChI is InChI=1S/C15H18N6O/c22-14(16-9-12-5-2-1-3-6-12)11-21-8-4-7-13(10-21)15-17-19-20-18-15/h1-3,5-7H,4,8-11H2,(H,16,22)(H,17,18,19,20). The first-order valence-corrected chi connectivity index (χ1v) is 7.27. The Morgan fingerprint density at radius 2 is 2.18 bits per heavy atom. The fourth-order valence-electron chi connectivity index (χ4n) is 2.46. The number of aromatic amines is 1. The number of tetrazole rings is 1. The average Bonchev–Trinajstić information content (AvgIpc) is 3.09. The Bertz CT molecular complexity index is 637. The SMILES string of the molecule is O=C(CN1CCC=C(c2nn[nH]n2)C1)NCc1ccccc1. The number of amides is 1. The van der Waals surface area contributed by atoms with Gasteiger partial charge in [-0.15, -0.1) is 10.2 Å². The molecule has 0 fully saturated rings. The van der Waals surface area contributed by atoms with Gasteiger partial charge in [-0.1, -0.05) is 36.4 Å². The fraction of sp³-hybridized carbons (Fsp3) is 0.333. The maximum absolute atomic E-state index is 12.1. The van der Waals surface area contributed by atoms with Gasteiger partial charge in [0.2, 0.25) is 11.7 Å². The van der Waals surface area contributed by atoms with E-state index >= 15 is 0 Å². The van der Waals surface area contributed by atoms with E-state index in [1.165, 1.54) is 0 Å². The summed E-state index contributed by atoms with van der Waals surface area (Å²) in [5.74, 6) is 0.632. The first kappa shape index (κ1) is 14.4. The van der Waals surface area contributed by atoms with E-state index in [1.54, 1.807) is 0 Å². The van der Waals surface area contributed by atoms with Crippen LogP contribution in [0.2, 0.25) is 0 Å². The molecule has 3 rings (SSSR count). The Balaban J connectivity index is 1.49. The van der Waals surface area contributed by atoms with Gasteiger partial charge in [-0.3, -0.25) is 9.69 Å². The van der Waals surface area contributed by atoms with Crippen molar-refractivity contribution >= 4 is 11.5 Å². The molecule has 1 aliphatic rings. The molecule has 1 aliphatic heterocycles. The Kier molecular flexibility index (Phi) is 4.55. The van der Waals surface area contributed by atoms with Crippen molar-refractivity contribution in [2.24, 2.45) is 0 Å². The predicted octanol–water partition coefficient (Wildman–Crippen LogP) is 0.605. The van der Waals surface area contributed by atoms with Crippen LogP contribution in [0, 0.1) is 0 Å². The molecule has 7 heteroatoms. The molecular weight excluding hydrogens is 280 g/mol. The van der Waals surface area contributed by atoms with Crippen molar-refractivity contribution in [2.45, 2.75) is 13.0 Å². The van der Waals surface area contributed by atoms with Crippen molar-refractivity contribution in [3.05, 3.63) is 47.8 Å². The van der Waals surface area contributed by atoms with Gasteiger partial charge in [0.05, 0.1) is 6.54 Å². The Morgan fingerprint density at radius 1 is 1.32 bits per heavy atom. The van der Waals surface area contributed by atoms with Crippen LogP contribution in [0.3, 0.4) is 0 Å². The van der Waals surface area contributed by atoms with Crippen LogP contribution in [0.1, 0.15) is 17.8 Å². The zero-order valence-corrected chi connectivity index (χ0v) is 12.2. The molecule has 0 atom stereocenters. The third kappa shape index (κ3) is 3.76. The van der Waals surface area contributed by atoms with E-state index in [1.807, 2.05) is 30.3 Å². The molecule has 1 amide bonds. The number of nitrogens with zero attached hydrogens (tertiary/aromatic N) is 4. The van der Waals surface area contributed by atoms with Crippen LogP contribution in [-0.2, 0) is 11.3 Å². The van der Waals surface area contributed by atoms with Gasteiger partial charge in [-0.05, 0) is 17.2 Å². The van der Waals surface area contributed by atoms with E-state index in [0.717, 1.165) is 24.1 Å². The number of aromatic nitrogens is 4. The van der Waals surface area contributed by atoms with E-state index in [4.69, 9.17) is 0 Å².